The van der Waals surface area contributed by atoms with E-state index in [0.717, 1.165) is 22.4 Å². The summed E-state index contributed by atoms with van der Waals surface area (Å²) in [5.74, 6) is 0.548. The first-order chi connectivity index (χ1) is 9.79. The molecule has 0 unspecified atom stereocenters. The van der Waals surface area contributed by atoms with Gasteiger partial charge in [-0.25, -0.2) is 9.37 Å². The molecule has 102 valence electrons. The average Bonchev–Trinajstić information content (AvgIpc) is 2.84. The van der Waals surface area contributed by atoms with Crippen molar-refractivity contribution in [2.75, 3.05) is 6.61 Å². The maximum Gasteiger partial charge on any atom is 0.141 e. The van der Waals surface area contributed by atoms with Crippen molar-refractivity contribution in [3.63, 3.8) is 0 Å². The monoisotopic (exact) mass is 270 g/mol. The maximum absolute atomic E-state index is 13.0. The first-order valence-corrected chi connectivity index (χ1v) is 6.61. The predicted octanol–water partition coefficient (Wildman–Crippen LogP) is 3.22. The topological polar surface area (TPSA) is 38.0 Å². The number of hydrogen-bond acceptors (Lipinski definition) is 2. The standard InChI is InChI=1S/C16H15FN2O/c17-13-8-6-12(7-9-13)16-18-14-4-1-2-5-15(14)19(16)10-3-11-20/h1-2,4-9,20H,3,10-11H2. The summed E-state index contributed by atoms with van der Waals surface area (Å²) in [6.07, 6.45) is 0.661. The van der Waals surface area contributed by atoms with Gasteiger partial charge in [0.25, 0.3) is 0 Å². The van der Waals surface area contributed by atoms with Crippen molar-refractivity contribution in [1.82, 2.24) is 9.55 Å². The van der Waals surface area contributed by atoms with Gasteiger partial charge in [-0.15, -0.1) is 0 Å². The highest BCUT2D eigenvalue weighted by atomic mass is 19.1. The van der Waals surface area contributed by atoms with Crippen LogP contribution in [0.3, 0.4) is 0 Å². The highest BCUT2D eigenvalue weighted by Crippen LogP contribution is 2.25. The Balaban J connectivity index is 2.15. The minimum absolute atomic E-state index is 0.134. The molecule has 0 bridgehead atoms. The van der Waals surface area contributed by atoms with Crippen molar-refractivity contribution >= 4 is 11.0 Å². The second-order valence-corrected chi connectivity index (χ2v) is 4.66. The number of benzene rings is 2. The van der Waals surface area contributed by atoms with Crippen LogP contribution in [0.25, 0.3) is 22.4 Å². The van der Waals surface area contributed by atoms with Gasteiger partial charge in [-0.1, -0.05) is 12.1 Å². The molecule has 3 nitrogen and oxygen atoms in total. The fourth-order valence-corrected chi connectivity index (χ4v) is 2.35. The lowest BCUT2D eigenvalue weighted by Gasteiger charge is -2.08. The van der Waals surface area contributed by atoms with Gasteiger partial charge in [-0.05, 0) is 42.8 Å². The number of para-hydroxylation sites is 2. The molecular formula is C16H15FN2O. The number of rotatable bonds is 4. The zero-order valence-corrected chi connectivity index (χ0v) is 11.0. The molecule has 1 heterocycles. The number of aromatic nitrogens is 2. The molecule has 1 aromatic heterocycles. The highest BCUT2D eigenvalue weighted by Gasteiger charge is 2.11. The Morgan fingerprint density at radius 2 is 1.80 bits per heavy atom. The molecule has 0 amide bonds. The van der Waals surface area contributed by atoms with Crippen LogP contribution in [0, 0.1) is 5.82 Å². The smallest absolute Gasteiger partial charge is 0.141 e. The molecular weight excluding hydrogens is 255 g/mol. The lowest BCUT2D eigenvalue weighted by Crippen LogP contribution is -2.02. The molecule has 0 saturated carbocycles. The van der Waals surface area contributed by atoms with Gasteiger partial charge >= 0.3 is 0 Å². The highest BCUT2D eigenvalue weighted by molar-refractivity contribution is 5.80. The van der Waals surface area contributed by atoms with Gasteiger partial charge in [0, 0.05) is 18.7 Å². The van der Waals surface area contributed by atoms with E-state index in [1.807, 2.05) is 24.3 Å². The van der Waals surface area contributed by atoms with E-state index in [1.165, 1.54) is 12.1 Å². The number of fused-ring (bicyclic) bond motifs is 1. The Morgan fingerprint density at radius 3 is 2.55 bits per heavy atom. The minimum atomic E-state index is -0.258. The number of hydrogen-bond donors (Lipinski definition) is 1. The van der Waals surface area contributed by atoms with Crippen molar-refractivity contribution in [3.05, 3.63) is 54.3 Å². The molecule has 0 fully saturated rings. The second-order valence-electron chi connectivity index (χ2n) is 4.66. The van der Waals surface area contributed by atoms with Gasteiger partial charge in [0.05, 0.1) is 11.0 Å². The van der Waals surface area contributed by atoms with E-state index in [9.17, 15) is 4.39 Å². The summed E-state index contributed by atoms with van der Waals surface area (Å²) in [6, 6.07) is 14.2. The van der Waals surface area contributed by atoms with E-state index in [0.29, 0.717) is 13.0 Å². The molecule has 0 aliphatic rings. The third-order valence-electron chi connectivity index (χ3n) is 3.30. The third kappa shape index (κ3) is 2.30. The fraction of sp³-hybridized carbons (Fsp3) is 0.188. The lowest BCUT2D eigenvalue weighted by molar-refractivity contribution is 0.281. The van der Waals surface area contributed by atoms with Gasteiger partial charge in [0.15, 0.2) is 0 Å². The molecule has 0 saturated heterocycles. The van der Waals surface area contributed by atoms with Gasteiger partial charge < -0.3 is 9.67 Å². The maximum atomic E-state index is 13.0. The third-order valence-corrected chi connectivity index (χ3v) is 3.30. The van der Waals surface area contributed by atoms with Crippen LogP contribution in [0.5, 0.6) is 0 Å². The Hall–Kier alpha value is -2.20. The molecule has 3 rings (SSSR count). The van der Waals surface area contributed by atoms with Crippen LogP contribution in [0.15, 0.2) is 48.5 Å². The van der Waals surface area contributed by atoms with Crippen LogP contribution < -0.4 is 0 Å². The molecule has 0 spiro atoms. The van der Waals surface area contributed by atoms with Gasteiger partial charge in [-0.3, -0.25) is 0 Å². The van der Waals surface area contributed by atoms with Crippen molar-refractivity contribution in [1.29, 1.82) is 0 Å². The summed E-state index contributed by atoms with van der Waals surface area (Å²) in [6.45, 7) is 0.819. The Bertz CT molecular complexity index is 719. The van der Waals surface area contributed by atoms with Crippen molar-refractivity contribution in [2.24, 2.45) is 0 Å². The van der Waals surface area contributed by atoms with E-state index < -0.39 is 0 Å². The number of aryl methyl sites for hydroxylation is 1. The minimum Gasteiger partial charge on any atom is -0.396 e. The van der Waals surface area contributed by atoms with Crippen LogP contribution in [0.1, 0.15) is 6.42 Å². The zero-order chi connectivity index (χ0) is 13.9. The molecule has 0 radical (unpaired) electrons. The second kappa shape index (κ2) is 5.43. The van der Waals surface area contributed by atoms with E-state index in [4.69, 9.17) is 5.11 Å². The summed E-state index contributed by atoms with van der Waals surface area (Å²) in [5, 5.41) is 9.05. The summed E-state index contributed by atoms with van der Waals surface area (Å²) in [5.41, 5.74) is 2.81. The van der Waals surface area contributed by atoms with E-state index in [-0.39, 0.29) is 12.4 Å². The van der Waals surface area contributed by atoms with Crippen LogP contribution in [0.4, 0.5) is 4.39 Å². The Kier molecular flexibility index (Phi) is 3.48. The Labute approximate surface area is 116 Å². The van der Waals surface area contributed by atoms with Crippen LogP contribution in [0.2, 0.25) is 0 Å². The zero-order valence-electron chi connectivity index (χ0n) is 11.0. The van der Waals surface area contributed by atoms with Gasteiger partial charge in [0.1, 0.15) is 11.6 Å². The summed E-state index contributed by atoms with van der Waals surface area (Å²) in [7, 11) is 0. The van der Waals surface area contributed by atoms with E-state index in [2.05, 4.69) is 9.55 Å². The lowest BCUT2D eigenvalue weighted by atomic mass is 10.2. The number of halogens is 1. The largest absolute Gasteiger partial charge is 0.396 e. The normalized spacial score (nSPS) is 11.1. The summed E-state index contributed by atoms with van der Waals surface area (Å²) in [4.78, 5) is 4.62. The van der Waals surface area contributed by atoms with Crippen LogP contribution >= 0.6 is 0 Å². The molecule has 0 aliphatic heterocycles. The fourth-order valence-electron chi connectivity index (χ4n) is 2.35. The molecule has 4 heteroatoms. The van der Waals surface area contributed by atoms with Gasteiger partial charge in [-0.2, -0.15) is 0 Å². The van der Waals surface area contributed by atoms with Crippen molar-refractivity contribution < 1.29 is 9.50 Å². The predicted molar refractivity (Wildman–Crippen MR) is 76.8 cm³/mol. The quantitative estimate of drug-likeness (QED) is 0.790. The number of imidazole rings is 1. The first-order valence-electron chi connectivity index (χ1n) is 6.61. The van der Waals surface area contributed by atoms with Crippen molar-refractivity contribution in [3.8, 4) is 11.4 Å². The van der Waals surface area contributed by atoms with E-state index >= 15 is 0 Å². The van der Waals surface area contributed by atoms with Crippen molar-refractivity contribution in [2.45, 2.75) is 13.0 Å². The SMILES string of the molecule is OCCCn1c(-c2ccc(F)cc2)nc2ccccc21. The summed E-state index contributed by atoms with van der Waals surface area (Å²) < 4.78 is 15.1. The number of aliphatic hydroxyl groups excluding tert-OH is 1. The molecule has 3 aromatic rings. The van der Waals surface area contributed by atoms with Crippen LogP contribution in [-0.4, -0.2) is 21.3 Å². The molecule has 1 N–H and O–H groups in total. The molecule has 0 aliphatic carbocycles. The molecule has 0 atom stereocenters. The molecule has 20 heavy (non-hydrogen) atoms. The van der Waals surface area contributed by atoms with Crippen LogP contribution in [-0.2, 0) is 6.54 Å². The average molecular weight is 270 g/mol. The van der Waals surface area contributed by atoms with Gasteiger partial charge in [0.2, 0.25) is 0 Å². The number of aliphatic hydroxyl groups is 1. The van der Waals surface area contributed by atoms with E-state index in [1.54, 1.807) is 12.1 Å². The Morgan fingerprint density at radius 1 is 1.05 bits per heavy atom. The molecule has 2 aromatic carbocycles. The summed E-state index contributed by atoms with van der Waals surface area (Å²) >= 11 is 0. The first kappa shape index (κ1) is 12.8. The number of nitrogens with zero attached hydrogens (tertiary/aromatic N) is 2.